The highest BCUT2D eigenvalue weighted by atomic mass is 32.1. The largest absolute Gasteiger partial charge is 0.346 e. The number of benzene rings is 1. The minimum atomic E-state index is 0.781. The average Bonchev–Trinajstić information content (AvgIpc) is 3.38. The zero-order chi connectivity index (χ0) is 17.7. The number of aryl methyl sites for hydroxylation is 1. The van der Waals surface area contributed by atoms with Crippen LogP contribution < -0.4 is 4.90 Å². The Balaban J connectivity index is 1.37. The van der Waals surface area contributed by atoms with Gasteiger partial charge in [0.15, 0.2) is 0 Å². The van der Waals surface area contributed by atoms with E-state index < -0.39 is 0 Å². The number of nitrogens with zero attached hydrogens (tertiary/aromatic N) is 5. The van der Waals surface area contributed by atoms with Crippen molar-refractivity contribution in [3.63, 3.8) is 0 Å². The standard InChI is InChI=1S/C19H22N6S/c1-12-5-13(14-6-20-21-7-14)3-4-17(12)18-22-23-19(26-18)25-10-15-8-24(2)9-16(15)11-25/h3-7,15-16H,8-11H2,1-2H3,(H,20,21). The monoisotopic (exact) mass is 366 g/mol. The van der Waals surface area contributed by atoms with Gasteiger partial charge in [-0.05, 0) is 36.9 Å². The first kappa shape index (κ1) is 16.0. The summed E-state index contributed by atoms with van der Waals surface area (Å²) in [5, 5.41) is 18.0. The predicted octanol–water partition coefficient (Wildman–Crippen LogP) is 2.90. The average molecular weight is 366 g/mol. The van der Waals surface area contributed by atoms with Crippen LogP contribution in [0.2, 0.25) is 0 Å². The van der Waals surface area contributed by atoms with E-state index in [1.807, 2.05) is 12.4 Å². The molecule has 6 nitrogen and oxygen atoms in total. The smallest absolute Gasteiger partial charge is 0.208 e. The summed E-state index contributed by atoms with van der Waals surface area (Å²) >= 11 is 1.71. The molecule has 1 N–H and O–H groups in total. The third-order valence-electron chi connectivity index (χ3n) is 5.64. The SMILES string of the molecule is Cc1cc(-c2cn[nH]c2)ccc1-c1nnc(N2CC3CN(C)CC3C2)s1. The zero-order valence-corrected chi connectivity index (χ0v) is 15.8. The fourth-order valence-electron chi connectivity index (χ4n) is 4.33. The lowest BCUT2D eigenvalue weighted by atomic mass is 10.0. The lowest BCUT2D eigenvalue weighted by Gasteiger charge is -2.17. The van der Waals surface area contributed by atoms with Crippen LogP contribution in [0.25, 0.3) is 21.7 Å². The molecule has 3 aromatic rings. The topological polar surface area (TPSA) is 60.9 Å². The number of hydrogen-bond acceptors (Lipinski definition) is 6. The number of likely N-dealkylation sites (tertiary alicyclic amines) is 1. The Morgan fingerprint density at radius 3 is 2.58 bits per heavy atom. The molecule has 2 atom stereocenters. The number of anilines is 1. The van der Waals surface area contributed by atoms with Crippen molar-refractivity contribution in [1.29, 1.82) is 0 Å². The predicted molar refractivity (Wildman–Crippen MR) is 104 cm³/mol. The van der Waals surface area contributed by atoms with Gasteiger partial charge in [0.25, 0.3) is 0 Å². The van der Waals surface area contributed by atoms with Crippen molar-refractivity contribution in [1.82, 2.24) is 25.3 Å². The van der Waals surface area contributed by atoms with Gasteiger partial charge in [-0.2, -0.15) is 5.10 Å². The molecule has 5 rings (SSSR count). The molecule has 2 fully saturated rings. The number of H-pyrrole nitrogens is 1. The van der Waals surface area contributed by atoms with E-state index in [1.165, 1.54) is 29.8 Å². The van der Waals surface area contributed by atoms with Gasteiger partial charge in [-0.25, -0.2) is 0 Å². The van der Waals surface area contributed by atoms with Gasteiger partial charge in [0.2, 0.25) is 5.13 Å². The number of hydrogen-bond donors (Lipinski definition) is 1. The molecular formula is C19H22N6S. The molecule has 0 aliphatic carbocycles. The van der Waals surface area contributed by atoms with Crippen molar-refractivity contribution < 1.29 is 0 Å². The van der Waals surface area contributed by atoms with Crippen molar-refractivity contribution in [3.8, 4) is 21.7 Å². The Hall–Kier alpha value is -2.25. The van der Waals surface area contributed by atoms with Gasteiger partial charge in [-0.3, -0.25) is 5.10 Å². The summed E-state index contributed by atoms with van der Waals surface area (Å²) in [5.41, 5.74) is 4.65. The van der Waals surface area contributed by atoms with Crippen molar-refractivity contribution in [2.75, 3.05) is 38.1 Å². The van der Waals surface area contributed by atoms with E-state index in [-0.39, 0.29) is 0 Å². The fourth-order valence-corrected chi connectivity index (χ4v) is 5.28. The molecule has 2 aromatic heterocycles. The van der Waals surface area contributed by atoms with E-state index in [1.54, 1.807) is 11.3 Å². The summed E-state index contributed by atoms with van der Waals surface area (Å²) in [6.45, 7) is 6.78. The maximum atomic E-state index is 4.50. The highest BCUT2D eigenvalue weighted by molar-refractivity contribution is 7.18. The van der Waals surface area contributed by atoms with Crippen LogP contribution in [-0.2, 0) is 0 Å². The first-order valence-corrected chi connectivity index (χ1v) is 9.86. The fraction of sp³-hybridized carbons (Fsp3) is 0.421. The third-order valence-corrected chi connectivity index (χ3v) is 6.66. The van der Waals surface area contributed by atoms with Crippen LogP contribution in [0.1, 0.15) is 5.56 Å². The van der Waals surface area contributed by atoms with Crippen LogP contribution >= 0.6 is 11.3 Å². The molecule has 26 heavy (non-hydrogen) atoms. The zero-order valence-electron chi connectivity index (χ0n) is 15.0. The van der Waals surface area contributed by atoms with Crippen LogP contribution in [0, 0.1) is 18.8 Å². The normalized spacial score (nSPS) is 22.9. The molecule has 1 aromatic carbocycles. The molecule has 0 amide bonds. The van der Waals surface area contributed by atoms with E-state index >= 15 is 0 Å². The number of aromatic amines is 1. The van der Waals surface area contributed by atoms with Gasteiger partial charge in [0.05, 0.1) is 6.20 Å². The molecule has 134 valence electrons. The van der Waals surface area contributed by atoms with Gasteiger partial charge in [-0.1, -0.05) is 29.5 Å². The first-order valence-electron chi connectivity index (χ1n) is 9.04. The summed E-state index contributed by atoms with van der Waals surface area (Å²) in [6, 6.07) is 6.47. The lowest BCUT2D eigenvalue weighted by Crippen LogP contribution is -2.26. The Morgan fingerprint density at radius 2 is 1.88 bits per heavy atom. The molecule has 0 spiro atoms. The number of nitrogens with one attached hydrogen (secondary N) is 1. The second kappa shape index (κ2) is 6.17. The van der Waals surface area contributed by atoms with Gasteiger partial charge in [0, 0.05) is 43.5 Å². The molecule has 2 unspecified atom stereocenters. The molecule has 2 aliphatic heterocycles. The van der Waals surface area contributed by atoms with Gasteiger partial charge >= 0.3 is 0 Å². The molecule has 0 bridgehead atoms. The Bertz CT molecular complexity index is 904. The maximum Gasteiger partial charge on any atom is 0.208 e. The summed E-state index contributed by atoms with van der Waals surface area (Å²) in [7, 11) is 2.22. The molecular weight excluding hydrogens is 344 g/mol. The highest BCUT2D eigenvalue weighted by Crippen LogP contribution is 2.37. The molecule has 2 saturated heterocycles. The Morgan fingerprint density at radius 1 is 1.08 bits per heavy atom. The van der Waals surface area contributed by atoms with Crippen molar-refractivity contribution in [2.24, 2.45) is 11.8 Å². The number of rotatable bonds is 3. The second-order valence-corrected chi connectivity index (χ2v) is 8.51. The van der Waals surface area contributed by atoms with E-state index in [9.17, 15) is 0 Å². The molecule has 2 aliphatic rings. The van der Waals surface area contributed by atoms with Crippen molar-refractivity contribution in [2.45, 2.75) is 6.92 Å². The van der Waals surface area contributed by atoms with Crippen LogP contribution in [0.3, 0.4) is 0 Å². The van der Waals surface area contributed by atoms with Crippen molar-refractivity contribution in [3.05, 3.63) is 36.2 Å². The quantitative estimate of drug-likeness (QED) is 0.772. The van der Waals surface area contributed by atoms with Crippen LogP contribution in [0.4, 0.5) is 5.13 Å². The van der Waals surface area contributed by atoms with Crippen LogP contribution in [-0.4, -0.2) is 58.5 Å². The number of fused-ring (bicyclic) bond motifs is 1. The Labute approximate surface area is 156 Å². The lowest BCUT2D eigenvalue weighted by molar-refractivity contribution is 0.387. The number of aromatic nitrogens is 4. The van der Waals surface area contributed by atoms with Crippen LogP contribution in [0.15, 0.2) is 30.6 Å². The van der Waals surface area contributed by atoms with E-state index in [4.69, 9.17) is 0 Å². The second-order valence-electron chi connectivity index (χ2n) is 7.55. The molecule has 7 heteroatoms. The third kappa shape index (κ3) is 2.71. The molecule has 0 radical (unpaired) electrons. The summed E-state index contributed by atoms with van der Waals surface area (Å²) < 4.78 is 0. The minimum absolute atomic E-state index is 0.781. The van der Waals surface area contributed by atoms with Gasteiger partial charge in [0.1, 0.15) is 5.01 Å². The van der Waals surface area contributed by atoms with Gasteiger partial charge < -0.3 is 9.80 Å². The molecule has 4 heterocycles. The Kier molecular flexibility index (Phi) is 3.79. The molecule has 0 saturated carbocycles. The van der Waals surface area contributed by atoms with Crippen molar-refractivity contribution >= 4 is 16.5 Å². The van der Waals surface area contributed by atoms with E-state index in [2.05, 4.69) is 62.4 Å². The maximum absolute atomic E-state index is 4.50. The van der Waals surface area contributed by atoms with E-state index in [0.29, 0.717) is 0 Å². The minimum Gasteiger partial charge on any atom is -0.346 e. The summed E-state index contributed by atoms with van der Waals surface area (Å²) in [6.07, 6.45) is 3.76. The highest BCUT2D eigenvalue weighted by Gasteiger charge is 2.39. The van der Waals surface area contributed by atoms with Crippen LogP contribution in [0.5, 0.6) is 0 Å². The van der Waals surface area contributed by atoms with Gasteiger partial charge in [-0.15, -0.1) is 10.2 Å². The summed E-state index contributed by atoms with van der Waals surface area (Å²) in [4.78, 5) is 4.88. The van der Waals surface area contributed by atoms with E-state index in [0.717, 1.165) is 40.6 Å². The first-order chi connectivity index (χ1) is 12.7. The summed E-state index contributed by atoms with van der Waals surface area (Å²) in [5.74, 6) is 1.56.